The van der Waals surface area contributed by atoms with Crippen molar-refractivity contribution in [2.75, 3.05) is 18.5 Å². The molecular formula is C19H21ClN2O4S. The molecule has 2 N–H and O–H groups in total. The first kappa shape index (κ1) is 19.8. The summed E-state index contributed by atoms with van der Waals surface area (Å²) in [7, 11) is -3.86. The number of amides is 1. The van der Waals surface area contributed by atoms with Gasteiger partial charge < -0.3 is 10.1 Å². The van der Waals surface area contributed by atoms with E-state index in [0.717, 1.165) is 18.4 Å². The van der Waals surface area contributed by atoms with Gasteiger partial charge in [0, 0.05) is 24.4 Å². The van der Waals surface area contributed by atoms with Crippen LogP contribution in [0.4, 0.5) is 5.69 Å². The number of ether oxygens (including phenoxy) is 1. The van der Waals surface area contributed by atoms with Crippen LogP contribution in [-0.4, -0.2) is 33.6 Å². The van der Waals surface area contributed by atoms with E-state index in [1.54, 1.807) is 6.07 Å². The van der Waals surface area contributed by atoms with Crippen molar-refractivity contribution in [3.05, 3.63) is 58.6 Å². The van der Waals surface area contributed by atoms with Gasteiger partial charge in [0.05, 0.1) is 11.1 Å². The zero-order chi connectivity index (χ0) is 19.4. The number of aryl methyl sites for hydroxylation is 1. The van der Waals surface area contributed by atoms with E-state index in [1.807, 2.05) is 25.1 Å². The maximum atomic E-state index is 12.6. The lowest BCUT2D eigenvalue weighted by Gasteiger charge is -2.13. The third-order valence-electron chi connectivity index (χ3n) is 4.28. The Hall–Kier alpha value is -1.93. The van der Waals surface area contributed by atoms with Crippen LogP contribution in [-0.2, 0) is 14.8 Å². The highest BCUT2D eigenvalue weighted by Crippen LogP contribution is 2.24. The van der Waals surface area contributed by atoms with Gasteiger partial charge >= 0.3 is 0 Å². The maximum Gasteiger partial charge on any atom is 0.255 e. The molecule has 0 spiro atoms. The third-order valence-corrected chi connectivity index (χ3v) is 6.19. The number of carbonyl (C=O) groups excluding carboxylic acids is 1. The lowest BCUT2D eigenvalue weighted by molar-refractivity contribution is 0.102. The minimum atomic E-state index is -3.86. The number of hydrogen-bond donors (Lipinski definition) is 2. The zero-order valence-electron chi connectivity index (χ0n) is 14.9. The Morgan fingerprint density at radius 1 is 1.26 bits per heavy atom. The van der Waals surface area contributed by atoms with Crippen LogP contribution < -0.4 is 10.0 Å². The summed E-state index contributed by atoms with van der Waals surface area (Å²) in [6.45, 7) is 2.74. The van der Waals surface area contributed by atoms with Crippen molar-refractivity contribution in [3.63, 3.8) is 0 Å². The van der Waals surface area contributed by atoms with Crippen LogP contribution in [0.25, 0.3) is 0 Å². The number of sulfonamides is 1. The summed E-state index contributed by atoms with van der Waals surface area (Å²) in [5, 5.41) is 2.81. The number of benzene rings is 2. The van der Waals surface area contributed by atoms with E-state index in [0.29, 0.717) is 12.3 Å². The number of hydrogen-bond acceptors (Lipinski definition) is 4. The van der Waals surface area contributed by atoms with Crippen LogP contribution in [0.3, 0.4) is 0 Å². The molecule has 2 aromatic rings. The Morgan fingerprint density at radius 2 is 2.07 bits per heavy atom. The summed E-state index contributed by atoms with van der Waals surface area (Å²) in [5.74, 6) is -0.409. The molecule has 1 amide bonds. The molecule has 144 valence electrons. The summed E-state index contributed by atoms with van der Waals surface area (Å²) in [6, 6.07) is 11.5. The number of anilines is 1. The Kier molecular flexibility index (Phi) is 6.16. The molecule has 1 heterocycles. The summed E-state index contributed by atoms with van der Waals surface area (Å²) < 4.78 is 33.2. The lowest BCUT2D eigenvalue weighted by atomic mass is 10.2. The Balaban J connectivity index is 1.77. The lowest BCUT2D eigenvalue weighted by Crippen LogP contribution is -2.32. The molecule has 1 saturated heterocycles. The van der Waals surface area contributed by atoms with Crippen LogP contribution in [0.2, 0.25) is 5.02 Å². The van der Waals surface area contributed by atoms with E-state index in [9.17, 15) is 13.2 Å². The van der Waals surface area contributed by atoms with Gasteiger partial charge in [-0.25, -0.2) is 13.1 Å². The van der Waals surface area contributed by atoms with E-state index in [1.165, 1.54) is 18.2 Å². The molecule has 27 heavy (non-hydrogen) atoms. The molecule has 0 bridgehead atoms. The van der Waals surface area contributed by atoms with Crippen molar-refractivity contribution in [1.82, 2.24) is 4.72 Å². The minimum Gasteiger partial charge on any atom is -0.377 e. The molecule has 8 heteroatoms. The van der Waals surface area contributed by atoms with Gasteiger partial charge in [0.15, 0.2) is 0 Å². The van der Waals surface area contributed by atoms with Crippen molar-refractivity contribution in [1.29, 1.82) is 0 Å². The molecule has 6 nitrogen and oxygen atoms in total. The van der Waals surface area contributed by atoms with Gasteiger partial charge in [-0.3, -0.25) is 4.79 Å². The van der Waals surface area contributed by atoms with E-state index < -0.39 is 15.9 Å². The van der Waals surface area contributed by atoms with Crippen molar-refractivity contribution < 1.29 is 17.9 Å². The Morgan fingerprint density at radius 3 is 2.78 bits per heavy atom. The number of rotatable bonds is 6. The molecule has 1 fully saturated rings. The molecule has 0 radical (unpaired) electrons. The fourth-order valence-corrected chi connectivity index (χ4v) is 4.45. The van der Waals surface area contributed by atoms with Gasteiger partial charge in [-0.05, 0) is 55.7 Å². The van der Waals surface area contributed by atoms with Gasteiger partial charge in [0.2, 0.25) is 10.0 Å². The average molecular weight is 409 g/mol. The molecule has 3 rings (SSSR count). The molecular weight excluding hydrogens is 388 g/mol. The maximum absolute atomic E-state index is 12.6. The molecule has 0 saturated carbocycles. The van der Waals surface area contributed by atoms with Crippen molar-refractivity contribution >= 4 is 33.2 Å². The number of carbonyl (C=O) groups is 1. The van der Waals surface area contributed by atoms with Crippen LogP contribution in [0, 0.1) is 6.92 Å². The van der Waals surface area contributed by atoms with Crippen LogP contribution in [0.1, 0.15) is 28.8 Å². The molecule has 1 atom stereocenters. The average Bonchev–Trinajstić information content (AvgIpc) is 3.14. The normalized spacial score (nSPS) is 17.0. The zero-order valence-corrected chi connectivity index (χ0v) is 16.4. The second kappa shape index (κ2) is 8.39. The van der Waals surface area contributed by atoms with Crippen molar-refractivity contribution in [2.45, 2.75) is 30.8 Å². The number of nitrogens with one attached hydrogen (secondary N) is 2. The SMILES string of the molecule is Cc1cccc(NC(=O)c2ccc(Cl)c(S(=O)(=O)NC[C@@H]3CCCO3)c2)c1. The van der Waals surface area contributed by atoms with Crippen LogP contribution >= 0.6 is 11.6 Å². The topological polar surface area (TPSA) is 84.5 Å². The second-order valence-electron chi connectivity index (χ2n) is 6.46. The predicted molar refractivity (Wildman–Crippen MR) is 105 cm³/mol. The first-order chi connectivity index (χ1) is 12.8. The monoisotopic (exact) mass is 408 g/mol. The quantitative estimate of drug-likeness (QED) is 0.767. The van der Waals surface area contributed by atoms with Gasteiger partial charge in [-0.15, -0.1) is 0 Å². The summed E-state index contributed by atoms with van der Waals surface area (Å²) in [5.41, 5.74) is 1.85. The third kappa shape index (κ3) is 5.07. The molecule has 0 aliphatic carbocycles. The van der Waals surface area contributed by atoms with E-state index in [4.69, 9.17) is 16.3 Å². The highest BCUT2D eigenvalue weighted by molar-refractivity contribution is 7.89. The van der Waals surface area contributed by atoms with Gasteiger partial charge in [0.1, 0.15) is 4.90 Å². The predicted octanol–water partition coefficient (Wildman–Crippen LogP) is 3.36. The number of halogens is 1. The molecule has 1 aliphatic rings. The van der Waals surface area contributed by atoms with Gasteiger partial charge in [-0.1, -0.05) is 23.7 Å². The van der Waals surface area contributed by atoms with Crippen molar-refractivity contribution in [2.24, 2.45) is 0 Å². The van der Waals surface area contributed by atoms with E-state index in [-0.39, 0.29) is 28.1 Å². The molecule has 1 aliphatic heterocycles. The molecule has 0 aromatic heterocycles. The fourth-order valence-electron chi connectivity index (χ4n) is 2.86. The van der Waals surface area contributed by atoms with Crippen LogP contribution in [0.15, 0.2) is 47.4 Å². The van der Waals surface area contributed by atoms with E-state index >= 15 is 0 Å². The molecule has 2 aromatic carbocycles. The summed E-state index contributed by atoms with van der Waals surface area (Å²) >= 11 is 6.08. The highest BCUT2D eigenvalue weighted by atomic mass is 35.5. The van der Waals surface area contributed by atoms with Crippen molar-refractivity contribution in [3.8, 4) is 0 Å². The van der Waals surface area contributed by atoms with E-state index in [2.05, 4.69) is 10.0 Å². The standard InChI is InChI=1S/C19H21ClN2O4S/c1-13-4-2-5-15(10-13)22-19(23)14-7-8-17(20)18(11-14)27(24,25)21-12-16-6-3-9-26-16/h2,4-5,7-8,10-11,16,21H,3,6,9,12H2,1H3,(H,22,23)/t16-/m0/s1. The first-order valence-corrected chi connectivity index (χ1v) is 10.5. The van der Waals surface area contributed by atoms with Gasteiger partial charge in [-0.2, -0.15) is 0 Å². The largest absolute Gasteiger partial charge is 0.377 e. The minimum absolute atomic E-state index is 0.0574. The van der Waals surface area contributed by atoms with Crippen LogP contribution in [0.5, 0.6) is 0 Å². The summed E-state index contributed by atoms with van der Waals surface area (Å²) in [4.78, 5) is 12.4. The Bertz CT molecular complexity index is 940. The molecule has 0 unspecified atom stereocenters. The van der Waals surface area contributed by atoms with Gasteiger partial charge in [0.25, 0.3) is 5.91 Å². The Labute approximate surface area is 163 Å². The highest BCUT2D eigenvalue weighted by Gasteiger charge is 2.23. The first-order valence-electron chi connectivity index (χ1n) is 8.64. The smallest absolute Gasteiger partial charge is 0.255 e. The fraction of sp³-hybridized carbons (Fsp3) is 0.316. The summed E-state index contributed by atoms with van der Waals surface area (Å²) in [6.07, 6.45) is 1.60. The second-order valence-corrected chi connectivity index (χ2v) is 8.60.